The van der Waals surface area contributed by atoms with Crippen LogP contribution in [0.1, 0.15) is 96.8 Å². The van der Waals surface area contributed by atoms with Gasteiger partial charge in [-0.05, 0) is 12.8 Å². The fourth-order valence-corrected chi connectivity index (χ4v) is 3.17. The molecule has 0 radical (unpaired) electrons. The van der Waals surface area contributed by atoms with Crippen LogP contribution in [-0.4, -0.2) is 42.1 Å². The van der Waals surface area contributed by atoms with E-state index in [-0.39, 0.29) is 0 Å². The van der Waals surface area contributed by atoms with Crippen LogP contribution >= 0.6 is 0 Å². The molecule has 2 N–H and O–H groups in total. The molecular formula is C23H45FN3O2+. The highest BCUT2D eigenvalue weighted by Crippen LogP contribution is 2.13. The van der Waals surface area contributed by atoms with Crippen molar-refractivity contribution in [1.82, 2.24) is 9.97 Å². The molecule has 0 atom stereocenters. The molecule has 0 aliphatic carbocycles. The van der Waals surface area contributed by atoms with Gasteiger partial charge in [0.05, 0.1) is 27.7 Å². The van der Waals surface area contributed by atoms with Gasteiger partial charge < -0.3 is 9.47 Å². The zero-order valence-electron chi connectivity index (χ0n) is 19.3. The summed E-state index contributed by atoms with van der Waals surface area (Å²) in [6, 6.07) is 0. The van der Waals surface area contributed by atoms with E-state index in [1.165, 1.54) is 96.4 Å². The largest absolute Gasteiger partial charge is 0.331 e. The number of aromatic nitrogens is 2. The van der Waals surface area contributed by atoms with Gasteiger partial charge in [-0.1, -0.05) is 84.0 Å². The van der Waals surface area contributed by atoms with E-state index in [4.69, 9.17) is 0 Å². The van der Waals surface area contributed by atoms with Crippen molar-refractivity contribution in [2.75, 3.05) is 27.7 Å². The third-order valence-corrected chi connectivity index (χ3v) is 4.96. The second kappa shape index (κ2) is 17.4. The first-order valence-electron chi connectivity index (χ1n) is 11.5. The van der Waals surface area contributed by atoms with Gasteiger partial charge in [0.2, 0.25) is 5.82 Å². The van der Waals surface area contributed by atoms with Crippen molar-refractivity contribution in [1.29, 1.82) is 0 Å². The van der Waals surface area contributed by atoms with Crippen LogP contribution in [0.25, 0.3) is 0 Å². The van der Waals surface area contributed by atoms with Gasteiger partial charge in [0.25, 0.3) is 5.56 Å². The maximum Gasteiger partial charge on any atom is 0.325 e. The molecule has 1 aromatic rings. The number of H-pyrrole nitrogens is 2. The van der Waals surface area contributed by atoms with Crippen molar-refractivity contribution in [2.24, 2.45) is 0 Å². The molecule has 1 rings (SSSR count). The van der Waals surface area contributed by atoms with Crippen molar-refractivity contribution >= 4 is 0 Å². The van der Waals surface area contributed by atoms with E-state index in [2.05, 4.69) is 28.1 Å². The number of nitrogens with zero attached hydrogens (tertiary/aromatic N) is 1. The Hall–Kier alpha value is -1.43. The average molecular weight is 415 g/mol. The third-order valence-electron chi connectivity index (χ3n) is 4.96. The second-order valence-corrected chi connectivity index (χ2v) is 9.03. The Bertz CT molecular complexity index is 605. The fraction of sp³-hybridized carbons (Fsp3) is 0.826. The summed E-state index contributed by atoms with van der Waals surface area (Å²) < 4.78 is 13.1. The van der Waals surface area contributed by atoms with E-state index in [0.717, 1.165) is 4.48 Å². The number of unbranched alkanes of at least 4 members (excludes halogenated alkanes) is 13. The van der Waals surface area contributed by atoms with Crippen LogP contribution in [-0.2, 0) is 0 Å². The van der Waals surface area contributed by atoms with Crippen LogP contribution < -0.4 is 11.2 Å². The Kier molecular flexibility index (Phi) is 16.6. The molecule has 29 heavy (non-hydrogen) atoms. The lowest BCUT2D eigenvalue weighted by atomic mass is 10.0. The zero-order chi connectivity index (χ0) is 22.0. The summed E-state index contributed by atoms with van der Waals surface area (Å²) in [5, 5.41) is 0. The monoisotopic (exact) mass is 414 g/mol. The molecule has 0 fully saturated rings. The van der Waals surface area contributed by atoms with E-state index >= 15 is 0 Å². The minimum Gasteiger partial charge on any atom is -0.331 e. The quantitative estimate of drug-likeness (QED) is 0.299. The standard InChI is InChI=1S/C19H42N.C4H3FN2O2/c1-5-6-7-8-9-10-11-12-13-14-15-16-17-18-19-20(2,3)4;5-2-1-6-4(9)7-3(2)8/h5-19H2,1-4H3;1H,(H2,6,7,8,9)/q+1;. The van der Waals surface area contributed by atoms with Crippen molar-refractivity contribution < 1.29 is 8.87 Å². The van der Waals surface area contributed by atoms with Gasteiger partial charge in [-0.2, -0.15) is 4.39 Å². The lowest BCUT2D eigenvalue weighted by molar-refractivity contribution is -0.870. The molecule has 0 amide bonds. The topological polar surface area (TPSA) is 65.7 Å². The highest BCUT2D eigenvalue weighted by atomic mass is 19.1. The molecule has 1 heterocycles. The normalized spacial score (nSPS) is 11.2. The highest BCUT2D eigenvalue weighted by Gasteiger charge is 2.04. The average Bonchev–Trinajstić information content (AvgIpc) is 2.65. The van der Waals surface area contributed by atoms with Crippen molar-refractivity contribution in [3.8, 4) is 0 Å². The summed E-state index contributed by atoms with van der Waals surface area (Å²) in [6.07, 6.45) is 21.1. The predicted octanol–water partition coefficient (Wildman–Crippen LogP) is 5.38. The number of hydrogen-bond donors (Lipinski definition) is 2. The number of nitrogens with one attached hydrogen (secondary N) is 2. The van der Waals surface area contributed by atoms with E-state index < -0.39 is 17.1 Å². The van der Waals surface area contributed by atoms with Gasteiger partial charge in [-0.15, -0.1) is 0 Å². The first-order chi connectivity index (χ1) is 13.8. The van der Waals surface area contributed by atoms with Crippen LogP contribution in [0, 0.1) is 5.82 Å². The predicted molar refractivity (Wildman–Crippen MR) is 121 cm³/mol. The van der Waals surface area contributed by atoms with E-state index in [0.29, 0.717) is 6.20 Å². The molecule has 1 aromatic heterocycles. The number of halogens is 1. The molecule has 0 spiro atoms. The van der Waals surface area contributed by atoms with Crippen molar-refractivity contribution in [2.45, 2.75) is 96.8 Å². The summed E-state index contributed by atoms with van der Waals surface area (Å²) in [7, 11) is 6.88. The molecule has 0 aliphatic rings. The lowest BCUT2D eigenvalue weighted by Gasteiger charge is -2.23. The molecule has 0 saturated heterocycles. The first kappa shape index (κ1) is 27.6. The second-order valence-electron chi connectivity index (χ2n) is 9.03. The van der Waals surface area contributed by atoms with Gasteiger partial charge in [-0.3, -0.25) is 9.78 Å². The van der Waals surface area contributed by atoms with Crippen LogP contribution in [0.2, 0.25) is 0 Å². The Morgan fingerprint density at radius 2 is 1.17 bits per heavy atom. The smallest absolute Gasteiger partial charge is 0.325 e. The summed E-state index contributed by atoms with van der Waals surface area (Å²) in [5.41, 5.74) is -1.71. The number of rotatable bonds is 15. The van der Waals surface area contributed by atoms with Gasteiger partial charge in [0.1, 0.15) is 0 Å². The Labute approximate surface area is 176 Å². The number of aromatic amines is 2. The minimum atomic E-state index is -1.00. The Balaban J connectivity index is 0.000000717. The summed E-state index contributed by atoms with van der Waals surface area (Å²) in [6.45, 7) is 3.63. The van der Waals surface area contributed by atoms with E-state index in [1.54, 1.807) is 4.98 Å². The molecule has 0 saturated carbocycles. The van der Waals surface area contributed by atoms with Crippen molar-refractivity contribution in [3.63, 3.8) is 0 Å². The van der Waals surface area contributed by atoms with Crippen LogP contribution in [0.4, 0.5) is 4.39 Å². The molecule has 0 unspecified atom stereocenters. The molecule has 0 aromatic carbocycles. The lowest BCUT2D eigenvalue weighted by Crippen LogP contribution is -2.35. The van der Waals surface area contributed by atoms with Gasteiger partial charge in [0, 0.05) is 6.20 Å². The van der Waals surface area contributed by atoms with Gasteiger partial charge in [0.15, 0.2) is 0 Å². The molecule has 170 valence electrons. The maximum absolute atomic E-state index is 12.0. The van der Waals surface area contributed by atoms with Crippen LogP contribution in [0.3, 0.4) is 0 Å². The van der Waals surface area contributed by atoms with Gasteiger partial charge in [-0.25, -0.2) is 4.79 Å². The van der Waals surface area contributed by atoms with E-state index in [9.17, 15) is 14.0 Å². The molecule has 0 bridgehead atoms. The minimum absolute atomic E-state index is 0.707. The molecule has 6 heteroatoms. The molecule has 5 nitrogen and oxygen atoms in total. The molecular weight excluding hydrogens is 369 g/mol. The Morgan fingerprint density at radius 1 is 0.759 bits per heavy atom. The maximum atomic E-state index is 12.0. The third kappa shape index (κ3) is 19.7. The number of hydrogen-bond acceptors (Lipinski definition) is 2. The summed E-state index contributed by atoms with van der Waals surface area (Å²) >= 11 is 0. The van der Waals surface area contributed by atoms with Crippen molar-refractivity contribution in [3.05, 3.63) is 32.9 Å². The SMILES string of the molecule is CCCCCCCCCCCCCCCC[N+](C)(C)C.O=c1[nH]cc(F)c(=O)[nH]1. The van der Waals surface area contributed by atoms with Gasteiger partial charge >= 0.3 is 5.69 Å². The van der Waals surface area contributed by atoms with Crippen LogP contribution in [0.5, 0.6) is 0 Å². The van der Waals surface area contributed by atoms with Crippen LogP contribution in [0.15, 0.2) is 15.8 Å². The molecule has 0 aliphatic heterocycles. The Morgan fingerprint density at radius 3 is 1.52 bits per heavy atom. The number of quaternary nitrogens is 1. The fourth-order valence-electron chi connectivity index (χ4n) is 3.17. The zero-order valence-corrected chi connectivity index (χ0v) is 19.3. The highest BCUT2D eigenvalue weighted by molar-refractivity contribution is 4.83. The summed E-state index contributed by atoms with van der Waals surface area (Å²) in [5.74, 6) is -0.991. The van der Waals surface area contributed by atoms with E-state index in [1.807, 2.05) is 4.98 Å². The summed E-state index contributed by atoms with van der Waals surface area (Å²) in [4.78, 5) is 24.0. The first-order valence-corrected chi connectivity index (χ1v) is 11.5.